The number of methoxy groups -OCH3 is 1. The van der Waals surface area contributed by atoms with E-state index in [1.54, 1.807) is 7.11 Å². The molecule has 0 bridgehead atoms. The van der Waals surface area contributed by atoms with Gasteiger partial charge in [0.25, 0.3) is 0 Å². The van der Waals surface area contributed by atoms with Crippen molar-refractivity contribution in [3.8, 4) is 11.4 Å². The highest BCUT2D eigenvalue weighted by Gasteiger charge is 2.22. The van der Waals surface area contributed by atoms with Crippen LogP contribution in [0.25, 0.3) is 33.6 Å². The van der Waals surface area contributed by atoms with E-state index in [1.807, 2.05) is 19.3 Å². The number of hydrogen-bond acceptors (Lipinski definition) is 8. The number of benzene rings is 1. The van der Waals surface area contributed by atoms with Crippen molar-refractivity contribution in [2.75, 3.05) is 57.2 Å². The lowest BCUT2D eigenvalue weighted by molar-refractivity contribution is 0.205. The van der Waals surface area contributed by atoms with E-state index in [-0.39, 0.29) is 0 Å². The number of ether oxygens (including phenoxy) is 1. The largest absolute Gasteiger partial charge is 0.432 e. The van der Waals surface area contributed by atoms with Crippen LogP contribution in [0.4, 0.5) is 11.5 Å². The van der Waals surface area contributed by atoms with Gasteiger partial charge >= 0.3 is 0 Å². The monoisotopic (exact) mass is 488 g/mol. The van der Waals surface area contributed by atoms with E-state index < -0.39 is 0 Å². The summed E-state index contributed by atoms with van der Waals surface area (Å²) >= 11 is 0. The van der Waals surface area contributed by atoms with E-state index in [0.29, 0.717) is 30.3 Å². The molecule has 0 aliphatic carbocycles. The Labute approximate surface area is 212 Å². The molecule has 190 valence electrons. The lowest BCUT2D eigenvalue weighted by atomic mass is 10.1. The number of likely N-dealkylation sites (N-methyl/N-ethyl adjacent to an activating group) is 1. The van der Waals surface area contributed by atoms with Gasteiger partial charge in [-0.3, -0.25) is 4.90 Å². The number of fused-ring (bicyclic) bond motifs is 3. The van der Waals surface area contributed by atoms with Gasteiger partial charge < -0.3 is 19.4 Å². The predicted molar refractivity (Wildman–Crippen MR) is 146 cm³/mol. The summed E-state index contributed by atoms with van der Waals surface area (Å²) < 4.78 is 11.7. The summed E-state index contributed by atoms with van der Waals surface area (Å²) in [5.41, 5.74) is 6.45. The minimum Gasteiger partial charge on any atom is -0.432 e. The van der Waals surface area contributed by atoms with Crippen LogP contribution in [0.2, 0.25) is 0 Å². The normalized spacial score (nSPS) is 14.6. The first-order valence-corrected chi connectivity index (χ1v) is 13.0. The van der Waals surface area contributed by atoms with E-state index >= 15 is 0 Å². The fourth-order valence-electron chi connectivity index (χ4n) is 5.12. The molecule has 0 radical (unpaired) electrons. The first kappa shape index (κ1) is 24.5. The zero-order chi connectivity index (χ0) is 25.1. The molecule has 36 heavy (non-hydrogen) atoms. The van der Waals surface area contributed by atoms with Crippen molar-refractivity contribution in [2.45, 2.75) is 39.7 Å². The number of anilines is 2. The van der Waals surface area contributed by atoms with E-state index in [0.717, 1.165) is 59.7 Å². The van der Waals surface area contributed by atoms with Gasteiger partial charge in [-0.15, -0.1) is 0 Å². The highest BCUT2D eigenvalue weighted by Crippen LogP contribution is 2.36. The molecule has 0 spiro atoms. The molecule has 0 atom stereocenters. The van der Waals surface area contributed by atoms with Gasteiger partial charge in [0.2, 0.25) is 5.71 Å². The Balaban J connectivity index is 1.67. The summed E-state index contributed by atoms with van der Waals surface area (Å²) in [6.07, 6.45) is 5.80. The number of nitrogens with zero attached hydrogens (tertiary/aromatic N) is 5. The zero-order valence-electron chi connectivity index (χ0n) is 21.8. The summed E-state index contributed by atoms with van der Waals surface area (Å²) in [7, 11) is 3.65. The SMILES string of the molecule is CCN(CCOC)c1nc(-c2cccc(NC)c2C)nc2c1oc1ncc(CN3CCCCC3)cc12. The van der Waals surface area contributed by atoms with Crippen molar-refractivity contribution in [3.05, 3.63) is 41.6 Å². The topological polar surface area (TPSA) is 79.5 Å². The maximum Gasteiger partial charge on any atom is 0.229 e. The summed E-state index contributed by atoms with van der Waals surface area (Å²) in [5.74, 6) is 1.46. The van der Waals surface area contributed by atoms with Gasteiger partial charge in [-0.1, -0.05) is 18.6 Å². The van der Waals surface area contributed by atoms with E-state index in [2.05, 4.69) is 47.2 Å². The average Bonchev–Trinajstić information content (AvgIpc) is 3.28. The molecule has 1 fully saturated rings. The molecule has 5 rings (SSSR count). The lowest BCUT2D eigenvalue weighted by Gasteiger charge is -2.26. The van der Waals surface area contributed by atoms with E-state index in [9.17, 15) is 0 Å². The van der Waals surface area contributed by atoms with Gasteiger partial charge in [0.05, 0.1) is 12.0 Å². The van der Waals surface area contributed by atoms with Crippen LogP contribution in [-0.4, -0.2) is 66.8 Å². The van der Waals surface area contributed by atoms with Crippen LogP contribution < -0.4 is 10.2 Å². The number of aromatic nitrogens is 3. The number of nitrogens with one attached hydrogen (secondary N) is 1. The molecular formula is C28H36N6O2. The number of likely N-dealkylation sites (tertiary alicyclic amines) is 1. The Kier molecular flexibility index (Phi) is 7.34. The van der Waals surface area contributed by atoms with Crippen LogP contribution in [-0.2, 0) is 11.3 Å². The highest BCUT2D eigenvalue weighted by molar-refractivity contribution is 6.05. The Bertz CT molecular complexity index is 1350. The molecule has 1 aromatic carbocycles. The second-order valence-corrected chi connectivity index (χ2v) is 9.48. The second-order valence-electron chi connectivity index (χ2n) is 9.48. The minimum absolute atomic E-state index is 0.599. The molecule has 4 aromatic rings. The standard InChI is InChI=1S/C28H36N6O2/c1-5-34(14-15-35-4)27-25-24(31-26(32-27)21-10-9-11-23(29-3)19(21)2)22-16-20(17-30-28(22)36-25)18-33-12-7-6-8-13-33/h9-11,16-17,29H,5-8,12-15,18H2,1-4H3. The maximum absolute atomic E-state index is 6.31. The zero-order valence-corrected chi connectivity index (χ0v) is 21.8. The molecule has 4 heterocycles. The molecule has 3 aromatic heterocycles. The molecule has 0 amide bonds. The molecule has 8 heteroatoms. The third-order valence-corrected chi connectivity index (χ3v) is 7.15. The van der Waals surface area contributed by atoms with Crippen molar-refractivity contribution in [1.29, 1.82) is 0 Å². The molecule has 1 N–H and O–H groups in total. The van der Waals surface area contributed by atoms with Crippen molar-refractivity contribution in [2.24, 2.45) is 0 Å². The first-order chi connectivity index (χ1) is 17.6. The summed E-state index contributed by atoms with van der Waals surface area (Å²) in [4.78, 5) is 19.5. The van der Waals surface area contributed by atoms with Gasteiger partial charge in [0, 0.05) is 51.2 Å². The van der Waals surface area contributed by atoms with Crippen LogP contribution in [0, 0.1) is 6.92 Å². The summed E-state index contributed by atoms with van der Waals surface area (Å²) in [5, 5.41) is 4.21. The Morgan fingerprint density at radius 2 is 2.00 bits per heavy atom. The number of piperidine rings is 1. The summed E-state index contributed by atoms with van der Waals surface area (Å²) in [6, 6.07) is 8.38. The molecule has 0 unspecified atom stereocenters. The smallest absolute Gasteiger partial charge is 0.229 e. The minimum atomic E-state index is 0.599. The molecular weight excluding hydrogens is 452 g/mol. The van der Waals surface area contributed by atoms with Crippen LogP contribution >= 0.6 is 0 Å². The highest BCUT2D eigenvalue weighted by atomic mass is 16.5. The van der Waals surface area contributed by atoms with E-state index in [4.69, 9.17) is 24.1 Å². The van der Waals surface area contributed by atoms with Gasteiger partial charge in [-0.2, -0.15) is 0 Å². The van der Waals surface area contributed by atoms with E-state index in [1.165, 1.54) is 24.8 Å². The van der Waals surface area contributed by atoms with Crippen LogP contribution in [0.5, 0.6) is 0 Å². The fourth-order valence-corrected chi connectivity index (χ4v) is 5.12. The van der Waals surface area contributed by atoms with Gasteiger partial charge in [0.15, 0.2) is 17.2 Å². The number of rotatable bonds is 9. The molecule has 8 nitrogen and oxygen atoms in total. The number of pyridine rings is 1. The third kappa shape index (κ3) is 4.75. The second kappa shape index (κ2) is 10.8. The Morgan fingerprint density at radius 1 is 1.17 bits per heavy atom. The van der Waals surface area contributed by atoms with Gasteiger partial charge in [-0.25, -0.2) is 15.0 Å². The molecule has 1 aliphatic heterocycles. The summed E-state index contributed by atoms with van der Waals surface area (Å²) in [6.45, 7) is 9.49. The van der Waals surface area contributed by atoms with Crippen molar-refractivity contribution >= 4 is 33.7 Å². The van der Waals surface area contributed by atoms with Crippen LogP contribution in [0.3, 0.4) is 0 Å². The van der Waals surface area contributed by atoms with Crippen molar-refractivity contribution < 1.29 is 9.15 Å². The average molecular weight is 489 g/mol. The number of hydrogen-bond donors (Lipinski definition) is 1. The predicted octanol–water partition coefficient (Wildman–Crippen LogP) is 5.25. The van der Waals surface area contributed by atoms with Gasteiger partial charge in [-0.05, 0) is 63.0 Å². The van der Waals surface area contributed by atoms with Crippen molar-refractivity contribution in [1.82, 2.24) is 19.9 Å². The number of furan rings is 1. The fraction of sp³-hybridized carbons (Fsp3) is 0.464. The van der Waals surface area contributed by atoms with Crippen LogP contribution in [0.15, 0.2) is 34.9 Å². The quantitative estimate of drug-likeness (QED) is 0.342. The maximum atomic E-state index is 6.31. The Morgan fingerprint density at radius 3 is 2.75 bits per heavy atom. The first-order valence-electron chi connectivity index (χ1n) is 13.0. The molecule has 0 saturated carbocycles. The molecule has 1 saturated heterocycles. The lowest BCUT2D eigenvalue weighted by Crippen LogP contribution is -2.29. The molecule has 1 aliphatic rings. The third-order valence-electron chi connectivity index (χ3n) is 7.15. The Hall–Kier alpha value is -3.23. The van der Waals surface area contributed by atoms with Gasteiger partial charge in [0.1, 0.15) is 5.52 Å². The van der Waals surface area contributed by atoms with Crippen molar-refractivity contribution in [3.63, 3.8) is 0 Å². The van der Waals surface area contributed by atoms with Crippen LogP contribution in [0.1, 0.15) is 37.3 Å².